The molecule has 8 nitrogen and oxygen atoms in total. The summed E-state index contributed by atoms with van der Waals surface area (Å²) in [5, 5.41) is 9.05. The van der Waals surface area contributed by atoms with Gasteiger partial charge in [-0.1, -0.05) is 0 Å². The lowest BCUT2D eigenvalue weighted by atomic mass is 10.2. The van der Waals surface area contributed by atoms with Crippen LogP contribution in [0.1, 0.15) is 16.1 Å². The van der Waals surface area contributed by atoms with Crippen LogP contribution in [0.3, 0.4) is 0 Å². The van der Waals surface area contributed by atoms with Crippen LogP contribution in [0.4, 0.5) is 10.1 Å². The van der Waals surface area contributed by atoms with Gasteiger partial charge in [0.2, 0.25) is 10.0 Å². The van der Waals surface area contributed by atoms with E-state index in [9.17, 15) is 17.6 Å². The van der Waals surface area contributed by atoms with Gasteiger partial charge >= 0.3 is 5.97 Å². The van der Waals surface area contributed by atoms with Crippen molar-refractivity contribution in [2.75, 3.05) is 19.9 Å². The summed E-state index contributed by atoms with van der Waals surface area (Å²) in [5.41, 5.74) is 4.93. The number of anilines is 1. The number of carbonyl (C=O) groups excluding carboxylic acids is 1. The number of ether oxygens (including phenoxy) is 1. The predicted molar refractivity (Wildman–Crippen MR) is 82.4 cm³/mol. The molecule has 0 bridgehead atoms. The number of nitrogens with two attached hydrogens (primary N) is 1. The van der Waals surface area contributed by atoms with Crippen molar-refractivity contribution in [3.05, 3.63) is 41.5 Å². The first-order valence-corrected chi connectivity index (χ1v) is 7.97. The molecule has 0 saturated carbocycles. The van der Waals surface area contributed by atoms with Gasteiger partial charge in [0.05, 0.1) is 28.9 Å². The van der Waals surface area contributed by atoms with Gasteiger partial charge in [-0.25, -0.2) is 22.3 Å². The summed E-state index contributed by atoms with van der Waals surface area (Å²) in [6, 6.07) is 4.80. The lowest BCUT2D eigenvalue weighted by molar-refractivity contribution is 0.0593. The largest absolute Gasteiger partial charge is 0.464 e. The van der Waals surface area contributed by atoms with E-state index in [1.807, 2.05) is 0 Å². The number of hydrogen-bond donors (Lipinski definition) is 2. The average Bonchev–Trinajstić information content (AvgIpc) is 2.90. The number of benzene rings is 1. The lowest BCUT2D eigenvalue weighted by Crippen LogP contribution is -2.19. The Morgan fingerprint density at radius 1 is 1.46 bits per heavy atom. The molecule has 2 aromatic rings. The molecule has 0 unspecified atom stereocenters. The molecule has 2 rings (SSSR count). The summed E-state index contributed by atoms with van der Waals surface area (Å²) in [7, 11) is -1.53. The molecule has 1 heterocycles. The maximum atomic E-state index is 14.2. The van der Waals surface area contributed by atoms with Crippen LogP contribution in [0.2, 0.25) is 0 Å². The van der Waals surface area contributed by atoms with Crippen molar-refractivity contribution in [1.82, 2.24) is 9.29 Å². The van der Waals surface area contributed by atoms with Crippen LogP contribution in [-0.2, 0) is 14.8 Å². The molecule has 0 atom stereocenters. The minimum atomic E-state index is -3.84. The van der Waals surface area contributed by atoms with E-state index in [0.717, 1.165) is 36.1 Å². The molecule has 126 valence electrons. The second-order valence-electron chi connectivity index (χ2n) is 4.60. The molecule has 3 N–H and O–H groups in total. The molecule has 0 aliphatic rings. The molecule has 24 heavy (non-hydrogen) atoms. The Labute approximate surface area is 137 Å². The highest BCUT2D eigenvalue weighted by molar-refractivity contribution is 7.89. The summed E-state index contributed by atoms with van der Waals surface area (Å²) < 4.78 is 45.7. The third-order valence-corrected chi connectivity index (χ3v) is 4.71. The van der Waals surface area contributed by atoms with Gasteiger partial charge in [0.15, 0.2) is 5.69 Å². The number of nitrogen functional groups attached to an aromatic ring is 1. The standard InChI is InChI=1S/C14H13FN4O4S/c1-18-24(21,22)9-3-4-10(15)11(5-9)19-7-8(6-16)12(17)13(19)14(20)23-2/h3-5,7,18H,17H2,1-2H3. The van der Waals surface area contributed by atoms with E-state index in [2.05, 4.69) is 9.46 Å². The van der Waals surface area contributed by atoms with Crippen molar-refractivity contribution in [1.29, 1.82) is 5.26 Å². The van der Waals surface area contributed by atoms with Gasteiger partial charge in [-0.3, -0.25) is 0 Å². The molecule has 0 radical (unpaired) electrons. The maximum absolute atomic E-state index is 14.2. The molecule has 1 aromatic heterocycles. The number of methoxy groups -OCH3 is 1. The molecule has 10 heteroatoms. The fraction of sp³-hybridized carbons (Fsp3) is 0.143. The zero-order valence-corrected chi connectivity index (χ0v) is 13.5. The predicted octanol–water partition coefficient (Wildman–Crippen LogP) is 0.765. The van der Waals surface area contributed by atoms with Gasteiger partial charge in [-0.05, 0) is 25.2 Å². The van der Waals surface area contributed by atoms with Gasteiger partial charge in [0.1, 0.15) is 11.9 Å². The number of sulfonamides is 1. The van der Waals surface area contributed by atoms with Gasteiger partial charge < -0.3 is 15.0 Å². The second kappa shape index (κ2) is 6.31. The SMILES string of the molecule is CNS(=O)(=O)c1ccc(F)c(-n2cc(C#N)c(N)c2C(=O)OC)c1. The quantitative estimate of drug-likeness (QED) is 0.782. The van der Waals surface area contributed by atoms with Crippen LogP contribution in [0.25, 0.3) is 5.69 Å². The fourth-order valence-corrected chi connectivity index (χ4v) is 2.82. The molecular formula is C14H13FN4O4S. The Bertz CT molecular complexity index is 960. The Morgan fingerprint density at radius 3 is 2.67 bits per heavy atom. The first-order valence-electron chi connectivity index (χ1n) is 6.49. The van der Waals surface area contributed by atoms with Gasteiger partial charge in [-0.15, -0.1) is 0 Å². The van der Waals surface area contributed by atoms with Gasteiger partial charge in [0.25, 0.3) is 0 Å². The number of rotatable bonds is 4. The number of esters is 1. The third-order valence-electron chi connectivity index (χ3n) is 3.30. The van der Waals surface area contributed by atoms with E-state index in [1.54, 1.807) is 6.07 Å². The third kappa shape index (κ3) is 2.82. The first-order chi connectivity index (χ1) is 11.3. The first kappa shape index (κ1) is 17.5. The topological polar surface area (TPSA) is 127 Å². The average molecular weight is 352 g/mol. The molecule has 0 aliphatic carbocycles. The number of halogens is 1. The zero-order valence-electron chi connectivity index (χ0n) is 12.7. The Kier molecular flexibility index (Phi) is 4.59. The number of nitriles is 1. The van der Waals surface area contributed by atoms with Crippen LogP contribution in [0.5, 0.6) is 0 Å². The molecule has 1 aromatic carbocycles. The van der Waals surface area contributed by atoms with Crippen LogP contribution < -0.4 is 10.5 Å². The van der Waals surface area contributed by atoms with Crippen LogP contribution in [0, 0.1) is 17.1 Å². The Balaban J connectivity index is 2.80. The van der Waals surface area contributed by atoms with E-state index in [-0.39, 0.29) is 27.5 Å². The normalized spacial score (nSPS) is 11.1. The fourth-order valence-electron chi connectivity index (χ4n) is 2.07. The van der Waals surface area contributed by atoms with Crippen molar-refractivity contribution in [3.8, 4) is 11.8 Å². The summed E-state index contributed by atoms with van der Waals surface area (Å²) >= 11 is 0. The minimum absolute atomic E-state index is 0.0725. The van der Waals surface area contributed by atoms with Crippen LogP contribution >= 0.6 is 0 Å². The van der Waals surface area contributed by atoms with E-state index in [4.69, 9.17) is 11.0 Å². The van der Waals surface area contributed by atoms with Crippen LogP contribution in [-0.4, -0.2) is 33.1 Å². The van der Waals surface area contributed by atoms with Crippen molar-refractivity contribution in [3.63, 3.8) is 0 Å². The maximum Gasteiger partial charge on any atom is 0.357 e. The number of aromatic nitrogens is 1. The van der Waals surface area contributed by atoms with Crippen molar-refractivity contribution >= 4 is 21.7 Å². The minimum Gasteiger partial charge on any atom is -0.464 e. The van der Waals surface area contributed by atoms with E-state index in [0.29, 0.717) is 0 Å². The van der Waals surface area contributed by atoms with Crippen molar-refractivity contribution in [2.45, 2.75) is 4.90 Å². The molecule has 0 saturated heterocycles. The second-order valence-corrected chi connectivity index (χ2v) is 6.49. The highest BCUT2D eigenvalue weighted by atomic mass is 32.2. The Hall–Kier alpha value is -2.90. The number of nitrogens with one attached hydrogen (secondary N) is 1. The highest BCUT2D eigenvalue weighted by Gasteiger charge is 2.24. The molecule has 0 spiro atoms. The summed E-state index contributed by atoms with van der Waals surface area (Å²) in [4.78, 5) is 11.7. The summed E-state index contributed by atoms with van der Waals surface area (Å²) in [5.74, 6) is -1.70. The van der Waals surface area contributed by atoms with Gasteiger partial charge in [-0.2, -0.15) is 5.26 Å². The zero-order chi connectivity index (χ0) is 18.1. The number of hydrogen-bond acceptors (Lipinski definition) is 6. The number of carbonyl (C=O) groups is 1. The lowest BCUT2D eigenvalue weighted by Gasteiger charge is -2.11. The molecule has 0 fully saturated rings. The number of nitrogens with zero attached hydrogens (tertiary/aromatic N) is 2. The van der Waals surface area contributed by atoms with E-state index in [1.165, 1.54) is 7.05 Å². The molecular weight excluding hydrogens is 339 g/mol. The van der Waals surface area contributed by atoms with Crippen molar-refractivity contribution in [2.24, 2.45) is 0 Å². The van der Waals surface area contributed by atoms with Gasteiger partial charge in [0, 0.05) is 6.20 Å². The van der Waals surface area contributed by atoms with E-state index < -0.39 is 21.8 Å². The smallest absolute Gasteiger partial charge is 0.357 e. The van der Waals surface area contributed by atoms with E-state index >= 15 is 0 Å². The Morgan fingerprint density at radius 2 is 2.12 bits per heavy atom. The monoisotopic (exact) mass is 352 g/mol. The molecule has 0 amide bonds. The van der Waals surface area contributed by atoms with Crippen LogP contribution in [0.15, 0.2) is 29.3 Å². The molecule has 0 aliphatic heterocycles. The highest BCUT2D eigenvalue weighted by Crippen LogP contribution is 2.27. The summed E-state index contributed by atoms with van der Waals surface area (Å²) in [6.45, 7) is 0. The van der Waals surface area contributed by atoms with Crippen molar-refractivity contribution < 1.29 is 22.3 Å². The summed E-state index contributed by atoms with van der Waals surface area (Å²) in [6.07, 6.45) is 1.13.